The van der Waals surface area contributed by atoms with Crippen LogP contribution in [0.4, 0.5) is 0 Å². The summed E-state index contributed by atoms with van der Waals surface area (Å²) < 4.78 is 5.30. The van der Waals surface area contributed by atoms with Gasteiger partial charge in [-0.1, -0.05) is 0 Å². The first kappa shape index (κ1) is 6.62. The van der Waals surface area contributed by atoms with Crippen molar-refractivity contribution in [3.63, 3.8) is 0 Å². The van der Waals surface area contributed by atoms with Gasteiger partial charge in [0.15, 0.2) is 5.06 Å². The average molecular weight is 142 g/mol. The molecule has 1 aromatic heterocycles. The third-order valence-electron chi connectivity index (χ3n) is 1.09. The number of thiophene rings is 1. The van der Waals surface area contributed by atoms with Crippen LogP contribution < -0.4 is 4.74 Å². The van der Waals surface area contributed by atoms with Crippen molar-refractivity contribution in [3.8, 4) is 5.06 Å². The second-order valence-corrected chi connectivity index (χ2v) is 2.70. The Labute approximate surface area is 59.3 Å². The Morgan fingerprint density at radius 1 is 1.67 bits per heavy atom. The molecule has 0 aliphatic rings. The topological polar surface area (TPSA) is 9.23 Å². The van der Waals surface area contributed by atoms with Crippen molar-refractivity contribution in [2.24, 2.45) is 0 Å². The van der Waals surface area contributed by atoms with Gasteiger partial charge in [0.1, 0.15) is 0 Å². The van der Waals surface area contributed by atoms with E-state index in [1.807, 2.05) is 12.3 Å². The van der Waals surface area contributed by atoms with Crippen LogP contribution in [0, 0.1) is 6.92 Å². The quantitative estimate of drug-likeness (QED) is 0.616. The van der Waals surface area contributed by atoms with Crippen LogP contribution in [0.1, 0.15) is 12.5 Å². The van der Waals surface area contributed by atoms with E-state index in [9.17, 15) is 0 Å². The predicted octanol–water partition coefficient (Wildman–Crippen LogP) is 2.46. The zero-order chi connectivity index (χ0) is 6.69. The highest BCUT2D eigenvalue weighted by Gasteiger charge is 1.96. The third kappa shape index (κ3) is 1.45. The van der Waals surface area contributed by atoms with Gasteiger partial charge in [-0.2, -0.15) is 0 Å². The van der Waals surface area contributed by atoms with Gasteiger partial charge in [-0.05, 0) is 25.3 Å². The lowest BCUT2D eigenvalue weighted by molar-refractivity contribution is 0.348. The summed E-state index contributed by atoms with van der Waals surface area (Å²) >= 11 is 1.65. The maximum absolute atomic E-state index is 5.30. The molecule has 0 amide bonds. The van der Waals surface area contributed by atoms with Gasteiger partial charge in [0, 0.05) is 5.56 Å². The molecule has 0 saturated carbocycles. The Morgan fingerprint density at radius 3 is 2.89 bits per heavy atom. The monoisotopic (exact) mass is 142 g/mol. The minimum Gasteiger partial charge on any atom is -0.484 e. The van der Waals surface area contributed by atoms with Crippen LogP contribution >= 0.6 is 11.3 Å². The molecule has 50 valence electrons. The lowest BCUT2D eigenvalue weighted by atomic mass is 10.4. The van der Waals surface area contributed by atoms with E-state index in [2.05, 4.69) is 13.0 Å². The van der Waals surface area contributed by atoms with Gasteiger partial charge < -0.3 is 4.74 Å². The summed E-state index contributed by atoms with van der Waals surface area (Å²) in [6.07, 6.45) is 0. The van der Waals surface area contributed by atoms with Crippen molar-refractivity contribution < 1.29 is 4.74 Å². The van der Waals surface area contributed by atoms with Crippen LogP contribution in [-0.4, -0.2) is 6.61 Å². The molecule has 1 aromatic rings. The van der Waals surface area contributed by atoms with Gasteiger partial charge >= 0.3 is 0 Å². The van der Waals surface area contributed by atoms with Crippen LogP contribution in [0.2, 0.25) is 0 Å². The van der Waals surface area contributed by atoms with Crippen molar-refractivity contribution in [2.75, 3.05) is 6.61 Å². The summed E-state index contributed by atoms with van der Waals surface area (Å²) in [5, 5.41) is 3.10. The fourth-order valence-corrected chi connectivity index (χ4v) is 1.47. The molecule has 1 rings (SSSR count). The minimum absolute atomic E-state index is 0.765. The first-order chi connectivity index (χ1) is 4.34. The molecule has 0 aliphatic heterocycles. The predicted molar refractivity (Wildman–Crippen MR) is 40.2 cm³/mol. The highest BCUT2D eigenvalue weighted by molar-refractivity contribution is 7.12. The highest BCUT2D eigenvalue weighted by Crippen LogP contribution is 2.24. The van der Waals surface area contributed by atoms with Crippen molar-refractivity contribution in [1.82, 2.24) is 0 Å². The number of rotatable bonds is 2. The zero-order valence-electron chi connectivity index (χ0n) is 5.68. The number of ether oxygens (including phenoxy) is 1. The van der Waals surface area contributed by atoms with Crippen molar-refractivity contribution in [1.29, 1.82) is 0 Å². The van der Waals surface area contributed by atoms with Crippen molar-refractivity contribution in [2.45, 2.75) is 13.8 Å². The second-order valence-electron chi connectivity index (χ2n) is 1.82. The molecule has 0 saturated heterocycles. The van der Waals surface area contributed by atoms with Crippen LogP contribution in [0.3, 0.4) is 0 Å². The SMILES string of the molecule is CCOc1sccc1C. The highest BCUT2D eigenvalue weighted by atomic mass is 32.1. The molecule has 9 heavy (non-hydrogen) atoms. The summed E-state index contributed by atoms with van der Waals surface area (Å²) in [7, 11) is 0. The molecule has 0 radical (unpaired) electrons. The smallest absolute Gasteiger partial charge is 0.176 e. The van der Waals surface area contributed by atoms with Crippen LogP contribution in [0.15, 0.2) is 11.4 Å². The molecule has 0 unspecified atom stereocenters. The van der Waals surface area contributed by atoms with E-state index in [1.165, 1.54) is 5.56 Å². The summed E-state index contributed by atoms with van der Waals surface area (Å²) in [6, 6.07) is 2.07. The molecular formula is C7H10OS. The molecule has 1 nitrogen and oxygen atoms in total. The minimum atomic E-state index is 0.765. The van der Waals surface area contributed by atoms with E-state index < -0.39 is 0 Å². The summed E-state index contributed by atoms with van der Waals surface area (Å²) in [5.74, 6) is 0. The van der Waals surface area contributed by atoms with Gasteiger partial charge in [-0.25, -0.2) is 0 Å². The Hall–Kier alpha value is -0.500. The van der Waals surface area contributed by atoms with Crippen LogP contribution in [0.5, 0.6) is 5.06 Å². The van der Waals surface area contributed by atoms with E-state index in [-0.39, 0.29) is 0 Å². The molecular weight excluding hydrogens is 132 g/mol. The maximum atomic E-state index is 5.30. The summed E-state index contributed by atoms with van der Waals surface area (Å²) in [6.45, 7) is 4.82. The maximum Gasteiger partial charge on any atom is 0.176 e. The molecule has 0 atom stereocenters. The molecule has 0 aliphatic carbocycles. The van der Waals surface area contributed by atoms with E-state index >= 15 is 0 Å². The Kier molecular flexibility index (Phi) is 2.11. The Bertz CT molecular complexity index is 181. The fraction of sp³-hybridized carbons (Fsp3) is 0.429. The number of hydrogen-bond donors (Lipinski definition) is 0. The first-order valence-electron chi connectivity index (χ1n) is 3.01. The molecule has 0 aromatic carbocycles. The number of aryl methyl sites for hydroxylation is 1. The van der Waals surface area contributed by atoms with Crippen LogP contribution in [-0.2, 0) is 0 Å². The first-order valence-corrected chi connectivity index (χ1v) is 3.89. The fourth-order valence-electron chi connectivity index (χ4n) is 0.638. The van der Waals surface area contributed by atoms with Crippen LogP contribution in [0.25, 0.3) is 0 Å². The van der Waals surface area contributed by atoms with Gasteiger partial charge in [0.05, 0.1) is 6.61 Å². The van der Waals surface area contributed by atoms with E-state index in [1.54, 1.807) is 11.3 Å². The molecule has 0 bridgehead atoms. The zero-order valence-corrected chi connectivity index (χ0v) is 6.49. The van der Waals surface area contributed by atoms with Gasteiger partial charge in [-0.15, -0.1) is 11.3 Å². The molecule has 1 heterocycles. The van der Waals surface area contributed by atoms with Crippen molar-refractivity contribution in [3.05, 3.63) is 17.0 Å². The van der Waals surface area contributed by atoms with Gasteiger partial charge in [-0.3, -0.25) is 0 Å². The van der Waals surface area contributed by atoms with Crippen molar-refractivity contribution >= 4 is 11.3 Å². The molecule has 0 fully saturated rings. The Morgan fingerprint density at radius 2 is 2.44 bits per heavy atom. The second kappa shape index (κ2) is 2.87. The Balaban J connectivity index is 2.69. The average Bonchev–Trinajstić information content (AvgIpc) is 2.18. The van der Waals surface area contributed by atoms with E-state index in [0.717, 1.165) is 11.7 Å². The largest absolute Gasteiger partial charge is 0.484 e. The van der Waals surface area contributed by atoms with Gasteiger partial charge in [0.2, 0.25) is 0 Å². The summed E-state index contributed by atoms with van der Waals surface area (Å²) in [4.78, 5) is 0. The van der Waals surface area contributed by atoms with E-state index in [0.29, 0.717) is 0 Å². The standard InChI is InChI=1S/C7H10OS/c1-3-8-7-6(2)4-5-9-7/h4-5H,3H2,1-2H3. The van der Waals surface area contributed by atoms with Gasteiger partial charge in [0.25, 0.3) is 0 Å². The lowest BCUT2D eigenvalue weighted by Crippen LogP contribution is -1.88. The third-order valence-corrected chi connectivity index (χ3v) is 2.02. The molecule has 0 spiro atoms. The molecule has 2 heteroatoms. The number of hydrogen-bond acceptors (Lipinski definition) is 2. The summed E-state index contributed by atoms with van der Waals surface area (Å²) in [5.41, 5.74) is 1.24. The normalized spacial score (nSPS) is 9.56. The lowest BCUT2D eigenvalue weighted by Gasteiger charge is -1.97. The van der Waals surface area contributed by atoms with E-state index in [4.69, 9.17) is 4.74 Å². The molecule has 0 N–H and O–H groups in total.